The standard InChI is InChI=1S/C16H26N2O/c1-4-7-8-9-12-17-15-11-10-13(5-2)16(18-15)14(19)6-3/h10-11H,4-9,12H2,1-3H3,(H,17,18). The van der Waals surface area contributed by atoms with Gasteiger partial charge in [0.2, 0.25) is 0 Å². The Morgan fingerprint density at radius 2 is 1.95 bits per heavy atom. The van der Waals surface area contributed by atoms with Crippen molar-refractivity contribution in [1.82, 2.24) is 4.98 Å². The van der Waals surface area contributed by atoms with Crippen LogP contribution in [0, 0.1) is 0 Å². The fraction of sp³-hybridized carbons (Fsp3) is 0.625. The third-order valence-electron chi connectivity index (χ3n) is 3.28. The number of nitrogens with zero attached hydrogens (tertiary/aromatic N) is 1. The largest absolute Gasteiger partial charge is 0.370 e. The Balaban J connectivity index is 2.62. The first-order chi connectivity index (χ1) is 9.22. The molecule has 106 valence electrons. The van der Waals surface area contributed by atoms with E-state index in [2.05, 4.69) is 24.1 Å². The van der Waals surface area contributed by atoms with Crippen molar-refractivity contribution in [2.75, 3.05) is 11.9 Å². The maximum atomic E-state index is 11.9. The van der Waals surface area contributed by atoms with Gasteiger partial charge in [-0.3, -0.25) is 4.79 Å². The normalized spacial score (nSPS) is 10.5. The van der Waals surface area contributed by atoms with Gasteiger partial charge < -0.3 is 5.32 Å². The van der Waals surface area contributed by atoms with Crippen molar-refractivity contribution in [2.45, 2.75) is 59.3 Å². The van der Waals surface area contributed by atoms with Gasteiger partial charge >= 0.3 is 0 Å². The number of anilines is 1. The molecular weight excluding hydrogens is 236 g/mol. The number of aromatic nitrogens is 1. The Bertz CT molecular complexity index is 402. The second-order valence-electron chi connectivity index (χ2n) is 4.82. The molecule has 1 heterocycles. The minimum Gasteiger partial charge on any atom is -0.370 e. The monoisotopic (exact) mass is 262 g/mol. The predicted molar refractivity (Wildman–Crippen MR) is 80.9 cm³/mol. The molecule has 0 amide bonds. The lowest BCUT2D eigenvalue weighted by Crippen LogP contribution is -2.09. The third kappa shape index (κ3) is 5.01. The predicted octanol–water partition coefficient (Wildman–Crippen LogP) is 4.23. The number of hydrogen-bond donors (Lipinski definition) is 1. The van der Waals surface area contributed by atoms with Crippen LogP contribution in [0.2, 0.25) is 0 Å². The number of pyridine rings is 1. The van der Waals surface area contributed by atoms with Crippen LogP contribution in [-0.2, 0) is 6.42 Å². The molecule has 0 aliphatic heterocycles. The summed E-state index contributed by atoms with van der Waals surface area (Å²) in [7, 11) is 0. The maximum absolute atomic E-state index is 11.9. The van der Waals surface area contributed by atoms with Crippen LogP contribution in [0.1, 0.15) is 68.9 Å². The highest BCUT2D eigenvalue weighted by atomic mass is 16.1. The quantitative estimate of drug-likeness (QED) is 0.535. The first kappa shape index (κ1) is 15.7. The lowest BCUT2D eigenvalue weighted by atomic mass is 10.1. The van der Waals surface area contributed by atoms with Crippen LogP contribution < -0.4 is 5.32 Å². The van der Waals surface area contributed by atoms with E-state index < -0.39 is 0 Å². The first-order valence-electron chi connectivity index (χ1n) is 7.49. The van der Waals surface area contributed by atoms with E-state index in [0.29, 0.717) is 12.1 Å². The Hall–Kier alpha value is -1.38. The highest BCUT2D eigenvalue weighted by Crippen LogP contribution is 2.14. The number of carbonyl (C=O) groups is 1. The molecule has 0 spiro atoms. The van der Waals surface area contributed by atoms with Crippen LogP contribution in [0.25, 0.3) is 0 Å². The van der Waals surface area contributed by atoms with Gasteiger partial charge in [0, 0.05) is 13.0 Å². The minimum absolute atomic E-state index is 0.131. The van der Waals surface area contributed by atoms with Crippen molar-refractivity contribution in [2.24, 2.45) is 0 Å². The van der Waals surface area contributed by atoms with Crippen LogP contribution in [0.15, 0.2) is 12.1 Å². The molecule has 0 fully saturated rings. The van der Waals surface area contributed by atoms with E-state index in [1.807, 2.05) is 19.1 Å². The zero-order valence-electron chi connectivity index (χ0n) is 12.5. The number of aryl methyl sites for hydroxylation is 1. The molecule has 1 rings (SSSR count). The zero-order chi connectivity index (χ0) is 14.1. The van der Waals surface area contributed by atoms with Crippen LogP contribution in [0.3, 0.4) is 0 Å². The second kappa shape index (κ2) is 8.68. The summed E-state index contributed by atoms with van der Waals surface area (Å²) in [4.78, 5) is 16.3. The number of nitrogens with one attached hydrogen (secondary N) is 1. The van der Waals surface area contributed by atoms with Gasteiger partial charge in [-0.15, -0.1) is 0 Å². The fourth-order valence-corrected chi connectivity index (χ4v) is 2.05. The van der Waals surface area contributed by atoms with Crippen molar-refractivity contribution in [3.63, 3.8) is 0 Å². The van der Waals surface area contributed by atoms with Crippen molar-refractivity contribution >= 4 is 11.6 Å². The molecule has 19 heavy (non-hydrogen) atoms. The van der Waals surface area contributed by atoms with Gasteiger partial charge in [0.1, 0.15) is 11.5 Å². The lowest BCUT2D eigenvalue weighted by Gasteiger charge is -2.10. The number of unbranched alkanes of at least 4 members (excludes halogenated alkanes) is 3. The Labute approximate surface area is 116 Å². The number of hydrogen-bond acceptors (Lipinski definition) is 3. The summed E-state index contributed by atoms with van der Waals surface area (Å²) in [5.41, 5.74) is 1.69. The van der Waals surface area contributed by atoms with Gasteiger partial charge in [0.15, 0.2) is 5.78 Å². The molecule has 0 bridgehead atoms. The third-order valence-corrected chi connectivity index (χ3v) is 3.28. The summed E-state index contributed by atoms with van der Waals surface area (Å²) < 4.78 is 0. The van der Waals surface area contributed by atoms with Crippen LogP contribution in [0.5, 0.6) is 0 Å². The Kier molecular flexibility index (Phi) is 7.16. The van der Waals surface area contributed by atoms with Crippen LogP contribution >= 0.6 is 0 Å². The number of Topliss-reactive ketones (excluding diaryl/α,β-unsaturated/α-hetero) is 1. The first-order valence-corrected chi connectivity index (χ1v) is 7.49. The van der Waals surface area contributed by atoms with Crippen LogP contribution in [0.4, 0.5) is 5.82 Å². The molecule has 1 aromatic rings. The molecule has 0 saturated carbocycles. The van der Waals surface area contributed by atoms with Gasteiger partial charge in [-0.25, -0.2) is 4.98 Å². The summed E-state index contributed by atoms with van der Waals surface area (Å²) in [6.45, 7) is 7.08. The van der Waals surface area contributed by atoms with Crippen molar-refractivity contribution in [3.05, 3.63) is 23.4 Å². The molecule has 0 saturated heterocycles. The molecule has 3 heteroatoms. The Morgan fingerprint density at radius 3 is 2.58 bits per heavy atom. The smallest absolute Gasteiger partial charge is 0.181 e. The molecule has 3 nitrogen and oxygen atoms in total. The van der Waals surface area contributed by atoms with E-state index in [4.69, 9.17) is 0 Å². The number of ketones is 1. The van der Waals surface area contributed by atoms with Crippen molar-refractivity contribution < 1.29 is 4.79 Å². The summed E-state index contributed by atoms with van der Waals surface area (Å²) in [5, 5.41) is 3.31. The molecule has 0 atom stereocenters. The maximum Gasteiger partial charge on any atom is 0.181 e. The average Bonchev–Trinajstić information content (AvgIpc) is 2.46. The fourth-order valence-electron chi connectivity index (χ4n) is 2.05. The summed E-state index contributed by atoms with van der Waals surface area (Å²) in [6, 6.07) is 4.00. The minimum atomic E-state index is 0.131. The molecule has 0 unspecified atom stereocenters. The van der Waals surface area contributed by atoms with E-state index in [-0.39, 0.29) is 5.78 Å². The SMILES string of the molecule is CCCCCCNc1ccc(CC)c(C(=O)CC)n1. The topological polar surface area (TPSA) is 42.0 Å². The highest BCUT2D eigenvalue weighted by Gasteiger charge is 2.11. The van der Waals surface area contributed by atoms with E-state index in [1.54, 1.807) is 0 Å². The summed E-state index contributed by atoms with van der Waals surface area (Å²) >= 11 is 0. The lowest BCUT2D eigenvalue weighted by molar-refractivity contribution is 0.0982. The van der Waals surface area contributed by atoms with Gasteiger partial charge in [0.25, 0.3) is 0 Å². The highest BCUT2D eigenvalue weighted by molar-refractivity contribution is 5.95. The van der Waals surface area contributed by atoms with Crippen molar-refractivity contribution in [3.8, 4) is 0 Å². The summed E-state index contributed by atoms with van der Waals surface area (Å²) in [5.74, 6) is 0.956. The molecule has 1 aromatic heterocycles. The molecule has 0 aliphatic carbocycles. The Morgan fingerprint density at radius 1 is 1.16 bits per heavy atom. The van der Waals surface area contributed by atoms with Gasteiger partial charge in [0.05, 0.1) is 0 Å². The zero-order valence-corrected chi connectivity index (χ0v) is 12.5. The van der Waals surface area contributed by atoms with Gasteiger partial charge in [-0.1, -0.05) is 46.1 Å². The van der Waals surface area contributed by atoms with E-state index in [1.165, 1.54) is 19.3 Å². The molecule has 1 N–H and O–H groups in total. The van der Waals surface area contributed by atoms with Gasteiger partial charge in [-0.05, 0) is 24.5 Å². The van der Waals surface area contributed by atoms with Crippen LogP contribution in [-0.4, -0.2) is 17.3 Å². The summed E-state index contributed by atoms with van der Waals surface area (Å²) in [6.07, 6.45) is 6.30. The van der Waals surface area contributed by atoms with E-state index in [9.17, 15) is 4.79 Å². The molecule has 0 radical (unpaired) electrons. The molecular formula is C16H26N2O. The van der Waals surface area contributed by atoms with Crippen molar-refractivity contribution in [1.29, 1.82) is 0 Å². The van der Waals surface area contributed by atoms with E-state index >= 15 is 0 Å². The number of rotatable bonds is 9. The second-order valence-corrected chi connectivity index (χ2v) is 4.82. The number of carbonyl (C=O) groups excluding carboxylic acids is 1. The van der Waals surface area contributed by atoms with E-state index in [0.717, 1.165) is 30.8 Å². The van der Waals surface area contributed by atoms with Gasteiger partial charge in [-0.2, -0.15) is 0 Å². The average molecular weight is 262 g/mol. The molecule has 0 aliphatic rings. The molecule has 0 aromatic carbocycles.